The standard InChI is InChI=1S/C13H14Cl2N4OS3/c1-18(5-8-3-2-4-9(14)11(8)15)7-19-13(21)23-12(17-19)22-6-10(16)20/h2-4H,5-7H2,1H3,(H2,16,20). The topological polar surface area (TPSA) is 64.2 Å². The second-order valence-corrected chi connectivity index (χ2v) is 8.39. The van der Waals surface area contributed by atoms with Crippen LogP contribution in [0.4, 0.5) is 0 Å². The van der Waals surface area contributed by atoms with Crippen LogP contribution in [-0.2, 0) is 18.0 Å². The molecule has 23 heavy (non-hydrogen) atoms. The zero-order chi connectivity index (χ0) is 17.0. The molecule has 2 N–H and O–H groups in total. The average molecular weight is 409 g/mol. The van der Waals surface area contributed by atoms with E-state index in [-0.39, 0.29) is 11.7 Å². The summed E-state index contributed by atoms with van der Waals surface area (Å²) in [5.41, 5.74) is 6.07. The van der Waals surface area contributed by atoms with Crippen LogP contribution in [-0.4, -0.2) is 33.4 Å². The summed E-state index contributed by atoms with van der Waals surface area (Å²) in [5, 5.41) is 5.48. The van der Waals surface area contributed by atoms with Crippen molar-refractivity contribution in [1.29, 1.82) is 0 Å². The van der Waals surface area contributed by atoms with Crippen LogP contribution >= 0.6 is 58.5 Å². The zero-order valence-electron chi connectivity index (χ0n) is 12.2. The maximum Gasteiger partial charge on any atom is 0.227 e. The number of halogens is 2. The number of aromatic nitrogens is 2. The van der Waals surface area contributed by atoms with Crippen LogP contribution in [0.15, 0.2) is 22.5 Å². The smallest absolute Gasteiger partial charge is 0.227 e. The van der Waals surface area contributed by atoms with Crippen molar-refractivity contribution in [3.05, 3.63) is 37.8 Å². The van der Waals surface area contributed by atoms with Gasteiger partial charge < -0.3 is 5.73 Å². The van der Waals surface area contributed by atoms with Crippen molar-refractivity contribution in [1.82, 2.24) is 14.7 Å². The molecule has 1 aromatic heterocycles. The zero-order valence-corrected chi connectivity index (χ0v) is 16.1. The Labute approximate surface area is 157 Å². The van der Waals surface area contributed by atoms with E-state index in [0.29, 0.717) is 27.2 Å². The normalized spacial score (nSPS) is 11.1. The number of nitrogens with two attached hydrogens (primary N) is 1. The number of hydrogen-bond donors (Lipinski definition) is 1. The van der Waals surface area contributed by atoms with Gasteiger partial charge in [0.1, 0.15) is 0 Å². The highest BCUT2D eigenvalue weighted by molar-refractivity contribution is 8.01. The van der Waals surface area contributed by atoms with Gasteiger partial charge >= 0.3 is 0 Å². The second-order valence-electron chi connectivity index (χ2n) is 4.76. The maximum absolute atomic E-state index is 10.8. The van der Waals surface area contributed by atoms with Gasteiger partial charge in [-0.15, -0.1) is 0 Å². The van der Waals surface area contributed by atoms with Crippen LogP contribution in [0.1, 0.15) is 5.56 Å². The number of benzene rings is 1. The van der Waals surface area contributed by atoms with Crippen LogP contribution in [0, 0.1) is 3.95 Å². The Balaban J connectivity index is 2.02. The van der Waals surface area contributed by atoms with Crippen molar-refractivity contribution in [2.24, 2.45) is 5.73 Å². The predicted molar refractivity (Wildman–Crippen MR) is 98.8 cm³/mol. The van der Waals surface area contributed by atoms with Crippen LogP contribution < -0.4 is 5.73 Å². The highest BCUT2D eigenvalue weighted by Gasteiger charge is 2.11. The predicted octanol–water partition coefficient (Wildman–Crippen LogP) is 3.65. The van der Waals surface area contributed by atoms with E-state index in [0.717, 1.165) is 9.90 Å². The molecular weight excluding hydrogens is 395 g/mol. The Hall–Kier alpha value is -0.640. The summed E-state index contributed by atoms with van der Waals surface area (Å²) in [7, 11) is 1.94. The first kappa shape index (κ1) is 18.7. The number of nitrogens with zero attached hydrogens (tertiary/aromatic N) is 3. The van der Waals surface area contributed by atoms with E-state index in [1.165, 1.54) is 23.1 Å². The van der Waals surface area contributed by atoms with Crippen molar-refractivity contribution in [3.8, 4) is 0 Å². The molecule has 0 spiro atoms. The summed E-state index contributed by atoms with van der Waals surface area (Å²) in [6.45, 7) is 1.12. The number of rotatable bonds is 7. The fourth-order valence-corrected chi connectivity index (χ4v) is 4.25. The molecular formula is C13H14Cl2N4OS3. The van der Waals surface area contributed by atoms with E-state index in [9.17, 15) is 4.79 Å². The third-order valence-electron chi connectivity index (χ3n) is 2.77. The van der Waals surface area contributed by atoms with Gasteiger partial charge in [0.25, 0.3) is 0 Å². The first-order chi connectivity index (χ1) is 10.9. The maximum atomic E-state index is 10.8. The SMILES string of the molecule is CN(Cc1cccc(Cl)c1Cl)Cn1nc(SCC(N)=O)sc1=S. The van der Waals surface area contributed by atoms with Crippen LogP contribution in [0.2, 0.25) is 10.0 Å². The molecule has 0 bridgehead atoms. The monoisotopic (exact) mass is 408 g/mol. The highest BCUT2D eigenvalue weighted by atomic mass is 35.5. The van der Waals surface area contributed by atoms with E-state index in [1.54, 1.807) is 10.7 Å². The van der Waals surface area contributed by atoms with Gasteiger partial charge in [-0.25, -0.2) is 4.68 Å². The number of carbonyl (C=O) groups is 1. The molecule has 2 rings (SSSR count). The molecule has 0 unspecified atom stereocenters. The molecule has 1 amide bonds. The summed E-state index contributed by atoms with van der Waals surface area (Å²) >= 11 is 20.2. The van der Waals surface area contributed by atoms with E-state index < -0.39 is 0 Å². The lowest BCUT2D eigenvalue weighted by Gasteiger charge is -2.17. The lowest BCUT2D eigenvalue weighted by molar-refractivity contribution is -0.115. The van der Waals surface area contributed by atoms with Gasteiger partial charge in [0.2, 0.25) is 5.91 Å². The Morgan fingerprint density at radius 3 is 2.96 bits per heavy atom. The van der Waals surface area contributed by atoms with Crippen molar-refractivity contribution < 1.29 is 4.79 Å². The van der Waals surface area contributed by atoms with Gasteiger partial charge in [-0.05, 0) is 30.9 Å². The van der Waals surface area contributed by atoms with Gasteiger partial charge in [0.15, 0.2) is 8.29 Å². The van der Waals surface area contributed by atoms with Crippen LogP contribution in [0.5, 0.6) is 0 Å². The Bertz CT molecular complexity index is 762. The second kappa shape index (κ2) is 8.46. The summed E-state index contributed by atoms with van der Waals surface area (Å²) in [6.07, 6.45) is 0. The Morgan fingerprint density at radius 1 is 1.52 bits per heavy atom. The summed E-state index contributed by atoms with van der Waals surface area (Å²) in [6, 6.07) is 5.55. The first-order valence-corrected chi connectivity index (χ1v) is 9.44. The molecule has 0 saturated heterocycles. The molecule has 0 aliphatic carbocycles. The number of amides is 1. The van der Waals surface area contributed by atoms with Gasteiger partial charge in [0.05, 0.1) is 22.5 Å². The number of hydrogen-bond acceptors (Lipinski definition) is 6. The highest BCUT2D eigenvalue weighted by Crippen LogP contribution is 2.26. The Morgan fingerprint density at radius 2 is 2.26 bits per heavy atom. The molecule has 1 heterocycles. The van der Waals surface area contributed by atoms with E-state index in [4.69, 9.17) is 41.2 Å². The first-order valence-electron chi connectivity index (χ1n) is 6.47. The lowest BCUT2D eigenvalue weighted by atomic mass is 10.2. The van der Waals surface area contributed by atoms with Crippen LogP contribution in [0.3, 0.4) is 0 Å². The lowest BCUT2D eigenvalue weighted by Crippen LogP contribution is -2.22. The number of primary amides is 1. The minimum atomic E-state index is -0.379. The number of thioether (sulfide) groups is 1. The van der Waals surface area contributed by atoms with Crippen molar-refractivity contribution >= 4 is 64.4 Å². The molecule has 0 radical (unpaired) electrons. The van der Waals surface area contributed by atoms with E-state index in [2.05, 4.69) is 5.10 Å². The molecule has 0 aliphatic rings. The third kappa shape index (κ3) is 5.44. The fraction of sp³-hybridized carbons (Fsp3) is 0.308. The summed E-state index contributed by atoms with van der Waals surface area (Å²) < 4.78 is 3.07. The van der Waals surface area contributed by atoms with Crippen molar-refractivity contribution in [3.63, 3.8) is 0 Å². The molecule has 1 aromatic carbocycles. The Kier molecular flexibility index (Phi) is 6.87. The summed E-state index contributed by atoms with van der Waals surface area (Å²) in [5.74, 6) is -0.189. The minimum absolute atomic E-state index is 0.191. The average Bonchev–Trinajstić information content (AvgIpc) is 2.82. The van der Waals surface area contributed by atoms with Gasteiger partial charge in [-0.2, -0.15) is 5.10 Å². The van der Waals surface area contributed by atoms with Crippen molar-refractivity contribution in [2.45, 2.75) is 17.6 Å². The third-order valence-corrected chi connectivity index (χ3v) is 6.09. The van der Waals surface area contributed by atoms with Gasteiger partial charge in [-0.3, -0.25) is 9.69 Å². The summed E-state index contributed by atoms with van der Waals surface area (Å²) in [4.78, 5) is 12.8. The molecule has 10 heteroatoms. The molecule has 0 aliphatic heterocycles. The van der Waals surface area contributed by atoms with E-state index in [1.807, 2.05) is 24.1 Å². The van der Waals surface area contributed by atoms with Crippen molar-refractivity contribution in [2.75, 3.05) is 12.8 Å². The van der Waals surface area contributed by atoms with Crippen LogP contribution in [0.25, 0.3) is 0 Å². The molecule has 0 fully saturated rings. The molecule has 0 saturated carbocycles. The van der Waals surface area contributed by atoms with E-state index >= 15 is 0 Å². The largest absolute Gasteiger partial charge is 0.369 e. The molecule has 124 valence electrons. The fourth-order valence-electron chi connectivity index (χ4n) is 1.81. The minimum Gasteiger partial charge on any atom is -0.369 e. The van der Waals surface area contributed by atoms with Gasteiger partial charge in [0, 0.05) is 6.54 Å². The molecule has 5 nitrogen and oxygen atoms in total. The molecule has 0 atom stereocenters. The quantitative estimate of drug-likeness (QED) is 0.559. The van der Waals surface area contributed by atoms with Gasteiger partial charge in [-0.1, -0.05) is 58.4 Å². The number of carbonyl (C=O) groups excluding carboxylic acids is 1. The molecule has 2 aromatic rings.